The zero-order valence-corrected chi connectivity index (χ0v) is 14.7. The van der Waals surface area contributed by atoms with E-state index in [4.69, 9.17) is 4.42 Å². The van der Waals surface area contributed by atoms with Gasteiger partial charge in [0.1, 0.15) is 29.0 Å². The number of nitrogens with one attached hydrogen (secondary N) is 1. The molecule has 134 valence electrons. The molecule has 1 heterocycles. The van der Waals surface area contributed by atoms with Crippen molar-refractivity contribution in [2.75, 3.05) is 5.32 Å². The van der Waals surface area contributed by atoms with Crippen LogP contribution in [0.2, 0.25) is 0 Å². The van der Waals surface area contributed by atoms with Crippen molar-refractivity contribution < 1.29 is 13.6 Å². The van der Waals surface area contributed by atoms with Gasteiger partial charge in [-0.3, -0.25) is 4.79 Å². The molecule has 0 saturated heterocycles. The Morgan fingerprint density at radius 3 is 2.59 bits per heavy atom. The summed E-state index contributed by atoms with van der Waals surface area (Å²) < 4.78 is 18.7. The fourth-order valence-electron chi connectivity index (χ4n) is 2.63. The molecule has 0 saturated carbocycles. The molecule has 5 heteroatoms. The fourth-order valence-corrected chi connectivity index (χ4v) is 2.63. The van der Waals surface area contributed by atoms with E-state index in [9.17, 15) is 14.4 Å². The standard InChI is InChI=1S/C22H17FN2O2/c1-2-15-5-3-4-6-20(15)25-22(26)17(14-24)13-19-11-12-21(27-19)16-7-9-18(23)10-8-16/h3-13H,2H2,1H3,(H,25,26)/b17-13+. The Morgan fingerprint density at radius 2 is 1.89 bits per heavy atom. The number of halogens is 1. The maximum Gasteiger partial charge on any atom is 0.266 e. The summed E-state index contributed by atoms with van der Waals surface area (Å²) in [5, 5.41) is 12.1. The molecule has 0 radical (unpaired) electrons. The van der Waals surface area contributed by atoms with E-state index in [2.05, 4.69) is 5.32 Å². The normalized spacial score (nSPS) is 11.1. The number of nitriles is 1. The van der Waals surface area contributed by atoms with Crippen LogP contribution in [-0.2, 0) is 11.2 Å². The second-order valence-corrected chi connectivity index (χ2v) is 5.84. The van der Waals surface area contributed by atoms with Crippen LogP contribution in [0.3, 0.4) is 0 Å². The second-order valence-electron chi connectivity index (χ2n) is 5.84. The lowest BCUT2D eigenvalue weighted by molar-refractivity contribution is -0.112. The van der Waals surface area contributed by atoms with Crippen molar-refractivity contribution >= 4 is 17.7 Å². The predicted octanol–water partition coefficient (Wildman–Crippen LogP) is 5.19. The van der Waals surface area contributed by atoms with Crippen LogP contribution < -0.4 is 5.32 Å². The molecule has 0 aliphatic carbocycles. The number of hydrogen-bond donors (Lipinski definition) is 1. The Hall–Kier alpha value is -3.65. The number of rotatable bonds is 5. The molecule has 4 nitrogen and oxygen atoms in total. The van der Waals surface area contributed by atoms with Crippen molar-refractivity contribution in [3.63, 3.8) is 0 Å². The van der Waals surface area contributed by atoms with Gasteiger partial charge in [0.05, 0.1) is 0 Å². The molecule has 1 amide bonds. The summed E-state index contributed by atoms with van der Waals surface area (Å²) in [7, 11) is 0. The molecule has 2 aromatic carbocycles. The molecule has 1 N–H and O–H groups in total. The minimum atomic E-state index is -0.502. The molecule has 0 aliphatic rings. The summed E-state index contributed by atoms with van der Waals surface area (Å²) in [6, 6.07) is 18.6. The average Bonchev–Trinajstić information content (AvgIpc) is 3.15. The van der Waals surface area contributed by atoms with E-state index in [1.165, 1.54) is 18.2 Å². The number of carbonyl (C=O) groups excluding carboxylic acids is 1. The molecule has 0 unspecified atom stereocenters. The summed E-state index contributed by atoms with van der Waals surface area (Å²) in [5.74, 6) is 0.0550. The topological polar surface area (TPSA) is 66.0 Å². The number of para-hydroxylation sites is 1. The molecular weight excluding hydrogens is 343 g/mol. The van der Waals surface area contributed by atoms with E-state index < -0.39 is 5.91 Å². The Morgan fingerprint density at radius 1 is 1.15 bits per heavy atom. The van der Waals surface area contributed by atoms with Crippen molar-refractivity contribution in [1.82, 2.24) is 0 Å². The molecule has 0 atom stereocenters. The Bertz CT molecular complexity index is 1030. The molecule has 0 spiro atoms. The van der Waals surface area contributed by atoms with E-state index in [0.717, 1.165) is 12.0 Å². The maximum absolute atomic E-state index is 13.0. The fraction of sp³-hybridized carbons (Fsp3) is 0.0909. The van der Waals surface area contributed by atoms with Gasteiger partial charge in [0.2, 0.25) is 0 Å². The van der Waals surface area contributed by atoms with E-state index >= 15 is 0 Å². The lowest BCUT2D eigenvalue weighted by atomic mass is 10.1. The van der Waals surface area contributed by atoms with Crippen LogP contribution in [0, 0.1) is 17.1 Å². The zero-order valence-electron chi connectivity index (χ0n) is 14.7. The third-order valence-corrected chi connectivity index (χ3v) is 4.05. The van der Waals surface area contributed by atoms with E-state index in [1.807, 2.05) is 31.2 Å². The summed E-state index contributed by atoms with van der Waals surface area (Å²) in [6.07, 6.45) is 2.15. The Balaban J connectivity index is 1.81. The first kappa shape index (κ1) is 18.2. The molecule has 1 aromatic heterocycles. The summed E-state index contributed by atoms with van der Waals surface area (Å²) in [4.78, 5) is 12.4. The minimum absolute atomic E-state index is 0.0686. The van der Waals surface area contributed by atoms with Gasteiger partial charge in [-0.15, -0.1) is 0 Å². The Labute approximate surface area is 156 Å². The van der Waals surface area contributed by atoms with Gasteiger partial charge in [0.15, 0.2) is 0 Å². The second kappa shape index (κ2) is 8.15. The first-order valence-electron chi connectivity index (χ1n) is 8.47. The molecule has 0 fully saturated rings. The molecule has 3 aromatic rings. The van der Waals surface area contributed by atoms with Gasteiger partial charge in [-0.2, -0.15) is 5.26 Å². The van der Waals surface area contributed by atoms with Crippen molar-refractivity contribution in [1.29, 1.82) is 5.26 Å². The number of carbonyl (C=O) groups is 1. The summed E-state index contributed by atoms with van der Waals surface area (Å²) in [6.45, 7) is 1.99. The number of amides is 1. The maximum atomic E-state index is 13.0. The van der Waals surface area contributed by atoms with E-state index in [-0.39, 0.29) is 11.4 Å². The van der Waals surface area contributed by atoms with Crippen molar-refractivity contribution in [3.8, 4) is 17.4 Å². The predicted molar refractivity (Wildman–Crippen MR) is 102 cm³/mol. The lowest BCUT2D eigenvalue weighted by Crippen LogP contribution is -2.14. The van der Waals surface area contributed by atoms with Gasteiger partial charge in [-0.05, 0) is 54.4 Å². The highest BCUT2D eigenvalue weighted by molar-refractivity contribution is 6.09. The van der Waals surface area contributed by atoms with Crippen LogP contribution in [0.15, 0.2) is 70.7 Å². The van der Waals surface area contributed by atoms with E-state index in [0.29, 0.717) is 22.8 Å². The highest BCUT2D eigenvalue weighted by atomic mass is 19.1. The van der Waals surface area contributed by atoms with Crippen LogP contribution in [0.1, 0.15) is 18.2 Å². The van der Waals surface area contributed by atoms with Gasteiger partial charge in [-0.1, -0.05) is 25.1 Å². The van der Waals surface area contributed by atoms with Gasteiger partial charge >= 0.3 is 0 Å². The van der Waals surface area contributed by atoms with Crippen LogP contribution in [0.5, 0.6) is 0 Å². The van der Waals surface area contributed by atoms with Crippen molar-refractivity contribution in [2.45, 2.75) is 13.3 Å². The van der Waals surface area contributed by atoms with Crippen LogP contribution in [0.25, 0.3) is 17.4 Å². The highest BCUT2D eigenvalue weighted by Crippen LogP contribution is 2.24. The summed E-state index contributed by atoms with van der Waals surface area (Å²) >= 11 is 0. The van der Waals surface area contributed by atoms with Gasteiger partial charge < -0.3 is 9.73 Å². The smallest absolute Gasteiger partial charge is 0.266 e. The first-order valence-corrected chi connectivity index (χ1v) is 8.47. The van der Waals surface area contributed by atoms with Crippen LogP contribution in [-0.4, -0.2) is 5.91 Å². The van der Waals surface area contributed by atoms with Crippen LogP contribution in [0.4, 0.5) is 10.1 Å². The van der Waals surface area contributed by atoms with E-state index in [1.54, 1.807) is 30.3 Å². The molecule has 3 rings (SSSR count). The van der Waals surface area contributed by atoms with Gasteiger partial charge in [0, 0.05) is 17.3 Å². The van der Waals surface area contributed by atoms with Crippen LogP contribution >= 0.6 is 0 Å². The largest absolute Gasteiger partial charge is 0.457 e. The SMILES string of the molecule is CCc1ccccc1NC(=O)/C(C#N)=C/c1ccc(-c2ccc(F)cc2)o1. The number of benzene rings is 2. The molecular formula is C22H17FN2O2. The number of anilines is 1. The number of aryl methyl sites for hydroxylation is 1. The third kappa shape index (κ3) is 4.31. The van der Waals surface area contributed by atoms with Crippen molar-refractivity contribution in [2.24, 2.45) is 0 Å². The van der Waals surface area contributed by atoms with Gasteiger partial charge in [0.25, 0.3) is 5.91 Å². The minimum Gasteiger partial charge on any atom is -0.457 e. The number of hydrogen-bond acceptors (Lipinski definition) is 3. The first-order chi connectivity index (χ1) is 13.1. The highest BCUT2D eigenvalue weighted by Gasteiger charge is 2.13. The zero-order chi connectivity index (χ0) is 19.2. The quantitative estimate of drug-likeness (QED) is 0.503. The number of nitrogens with zero attached hydrogens (tertiary/aromatic N) is 1. The lowest BCUT2D eigenvalue weighted by Gasteiger charge is -2.08. The molecule has 0 aliphatic heterocycles. The summed E-state index contributed by atoms with van der Waals surface area (Å²) in [5.41, 5.74) is 2.30. The third-order valence-electron chi connectivity index (χ3n) is 4.05. The molecule has 27 heavy (non-hydrogen) atoms. The van der Waals surface area contributed by atoms with Crippen molar-refractivity contribution in [3.05, 3.63) is 83.4 Å². The van der Waals surface area contributed by atoms with Gasteiger partial charge in [-0.25, -0.2) is 4.39 Å². The average molecular weight is 360 g/mol. The Kier molecular flexibility index (Phi) is 5.48. The monoisotopic (exact) mass is 360 g/mol. The molecule has 0 bridgehead atoms. The number of furan rings is 1.